The Balaban J connectivity index is 1.87. The number of aryl methyl sites for hydroxylation is 2. The molecule has 1 aromatic carbocycles. The molecule has 5 nitrogen and oxygen atoms in total. The van der Waals surface area contributed by atoms with Crippen LogP contribution < -0.4 is 11.0 Å². The fourth-order valence-corrected chi connectivity index (χ4v) is 4.30. The Morgan fingerprint density at radius 1 is 1.30 bits per heavy atom. The minimum Gasteiger partial charge on any atom is -0.373 e. The number of hydrogen-bond acceptors (Lipinski definition) is 4. The molecule has 1 N–H and O–H groups in total. The van der Waals surface area contributed by atoms with E-state index >= 15 is 0 Å². The first-order chi connectivity index (χ1) is 12.9. The van der Waals surface area contributed by atoms with E-state index in [0.717, 1.165) is 21.4 Å². The zero-order valence-corrected chi connectivity index (χ0v) is 16.3. The van der Waals surface area contributed by atoms with Crippen molar-refractivity contribution in [2.75, 3.05) is 13.7 Å². The van der Waals surface area contributed by atoms with Crippen molar-refractivity contribution in [3.63, 3.8) is 0 Å². The van der Waals surface area contributed by atoms with Gasteiger partial charge in [-0.1, -0.05) is 17.1 Å². The average Bonchev–Trinajstić information content (AvgIpc) is 3.08. The van der Waals surface area contributed by atoms with Crippen molar-refractivity contribution in [3.8, 4) is 0 Å². The normalized spacial score (nSPS) is 16.3. The molecule has 0 fully saturated rings. The van der Waals surface area contributed by atoms with Crippen molar-refractivity contribution in [2.45, 2.75) is 26.5 Å². The summed E-state index contributed by atoms with van der Waals surface area (Å²) in [7, 11) is 7.89. The van der Waals surface area contributed by atoms with Crippen LogP contribution in [-0.4, -0.2) is 37.3 Å². The summed E-state index contributed by atoms with van der Waals surface area (Å²) in [5, 5.41) is 3.23. The number of ether oxygens (including phenoxy) is 1. The van der Waals surface area contributed by atoms with Crippen LogP contribution >= 0.6 is 11.3 Å². The summed E-state index contributed by atoms with van der Waals surface area (Å²) in [5.41, 5.74) is 3.59. The summed E-state index contributed by atoms with van der Waals surface area (Å²) in [5.74, 6) is -0.0692. The van der Waals surface area contributed by atoms with Crippen molar-refractivity contribution in [3.05, 3.63) is 61.2 Å². The van der Waals surface area contributed by atoms with Gasteiger partial charge in [0.25, 0.3) is 11.5 Å². The van der Waals surface area contributed by atoms with Crippen LogP contribution in [0, 0.1) is 13.8 Å². The number of carbonyl (C=O) groups excluding carboxylic acids is 1. The topological polar surface area (TPSA) is 62.4 Å². The second-order valence-electron chi connectivity index (χ2n) is 6.99. The predicted octanol–water partition coefficient (Wildman–Crippen LogP) is 2.34. The highest BCUT2D eigenvalue weighted by Crippen LogP contribution is 2.33. The lowest BCUT2D eigenvalue weighted by Gasteiger charge is -2.34. The number of nitrogens with one attached hydrogen (secondary N) is 1. The van der Waals surface area contributed by atoms with Gasteiger partial charge in [0.2, 0.25) is 0 Å². The summed E-state index contributed by atoms with van der Waals surface area (Å²) in [6, 6.07) is 5.23. The first-order valence-corrected chi connectivity index (χ1v) is 9.59. The second-order valence-corrected chi connectivity index (χ2v) is 8.11. The molecule has 0 spiro atoms. The van der Waals surface area contributed by atoms with E-state index in [1.807, 2.05) is 31.4 Å². The number of thiophene rings is 1. The third-order valence-corrected chi connectivity index (χ3v) is 6.01. The minimum absolute atomic E-state index is 0.0692. The van der Waals surface area contributed by atoms with Gasteiger partial charge in [-0.05, 0) is 31.4 Å². The van der Waals surface area contributed by atoms with Gasteiger partial charge in [-0.25, -0.2) is 0 Å². The Kier molecular flexibility index (Phi) is 4.44. The highest BCUT2D eigenvalue weighted by Gasteiger charge is 2.31. The Morgan fingerprint density at radius 3 is 2.78 bits per heavy atom. The molecule has 3 aromatic rings. The number of hydrogen-bond donors (Lipinski definition) is 1. The van der Waals surface area contributed by atoms with Crippen LogP contribution in [0.3, 0.4) is 0 Å². The zero-order chi connectivity index (χ0) is 19.3. The Morgan fingerprint density at radius 2 is 2.07 bits per heavy atom. The first kappa shape index (κ1) is 18.0. The van der Waals surface area contributed by atoms with Crippen molar-refractivity contribution < 1.29 is 9.53 Å². The molecular weight excluding hydrogens is 359 g/mol. The maximum Gasteiger partial charge on any atom is 0.256 e. The zero-order valence-electron chi connectivity index (χ0n) is 15.5. The molecule has 2 radical (unpaired) electrons. The number of rotatable bonds is 2. The minimum atomic E-state index is -0.303. The predicted molar refractivity (Wildman–Crippen MR) is 108 cm³/mol. The summed E-state index contributed by atoms with van der Waals surface area (Å²) in [6.07, 6.45) is 0. The van der Waals surface area contributed by atoms with E-state index in [9.17, 15) is 9.59 Å². The van der Waals surface area contributed by atoms with Gasteiger partial charge in [-0.2, -0.15) is 0 Å². The number of H-pyrrole nitrogens is 1. The van der Waals surface area contributed by atoms with Crippen LogP contribution in [0.4, 0.5) is 0 Å². The lowest BCUT2D eigenvalue weighted by molar-refractivity contribution is 0.0336. The number of aromatic nitrogens is 1. The van der Waals surface area contributed by atoms with Crippen LogP contribution in [0.2, 0.25) is 0 Å². The van der Waals surface area contributed by atoms with Gasteiger partial charge in [0.15, 0.2) is 0 Å². The third-order valence-electron chi connectivity index (χ3n) is 5.15. The maximum atomic E-state index is 13.0. The summed E-state index contributed by atoms with van der Waals surface area (Å²) in [6.45, 7) is 4.53. The number of carbonyl (C=O) groups is 1. The van der Waals surface area contributed by atoms with Crippen molar-refractivity contribution in [1.82, 2.24) is 9.88 Å². The van der Waals surface area contributed by atoms with Gasteiger partial charge < -0.3 is 14.6 Å². The monoisotopic (exact) mass is 378 g/mol. The second kappa shape index (κ2) is 6.66. The highest BCUT2D eigenvalue weighted by molar-refractivity contribution is 7.10. The molecule has 3 heterocycles. The van der Waals surface area contributed by atoms with E-state index in [-0.39, 0.29) is 17.5 Å². The Labute approximate surface area is 162 Å². The highest BCUT2D eigenvalue weighted by atomic mass is 32.1. The number of nitrogens with zero attached hydrogens (tertiary/aromatic N) is 1. The van der Waals surface area contributed by atoms with Gasteiger partial charge in [0, 0.05) is 33.9 Å². The van der Waals surface area contributed by atoms with Gasteiger partial charge in [0.05, 0.1) is 24.8 Å². The molecule has 2 aromatic heterocycles. The standard InChI is InChI=1S/C20H19BN2O3S/c1-10-4-14-13(6-15(10)21)18-16(22-19(14)24)7-26-8-17(18)23(3)20(25)12-5-11(2)27-9-12/h4-6,9,17H,7-8H2,1-3H3,(H,22,24). The molecule has 4 rings (SSSR count). The summed E-state index contributed by atoms with van der Waals surface area (Å²) >= 11 is 1.55. The van der Waals surface area contributed by atoms with Crippen LogP contribution in [0.25, 0.3) is 10.8 Å². The number of pyridine rings is 1. The molecule has 0 saturated carbocycles. The average molecular weight is 378 g/mol. The van der Waals surface area contributed by atoms with E-state index in [1.54, 1.807) is 29.4 Å². The Hall–Kier alpha value is -2.38. The number of benzene rings is 1. The van der Waals surface area contributed by atoms with Gasteiger partial charge in [0.1, 0.15) is 7.85 Å². The van der Waals surface area contributed by atoms with Crippen molar-refractivity contribution in [2.24, 2.45) is 0 Å². The molecule has 7 heteroatoms. The fourth-order valence-electron chi connectivity index (χ4n) is 3.63. The molecule has 1 aliphatic rings. The molecule has 1 atom stereocenters. The smallest absolute Gasteiger partial charge is 0.256 e. The van der Waals surface area contributed by atoms with Crippen molar-refractivity contribution in [1.29, 1.82) is 0 Å². The van der Waals surface area contributed by atoms with Crippen LogP contribution in [0.5, 0.6) is 0 Å². The van der Waals surface area contributed by atoms with Crippen LogP contribution in [0.1, 0.15) is 38.1 Å². The van der Waals surface area contributed by atoms with Gasteiger partial charge in [-0.15, -0.1) is 11.3 Å². The largest absolute Gasteiger partial charge is 0.373 e. The third kappa shape index (κ3) is 3.01. The van der Waals surface area contributed by atoms with E-state index in [2.05, 4.69) is 4.98 Å². The molecule has 27 heavy (non-hydrogen) atoms. The fraction of sp³-hybridized carbons (Fsp3) is 0.300. The lowest BCUT2D eigenvalue weighted by atomic mass is 9.86. The molecule has 1 amide bonds. The first-order valence-electron chi connectivity index (χ1n) is 8.71. The molecule has 1 aliphatic heterocycles. The number of fused-ring (bicyclic) bond motifs is 3. The van der Waals surface area contributed by atoms with Crippen molar-refractivity contribution >= 4 is 41.3 Å². The number of likely N-dealkylation sites (N-methyl/N-ethyl adjacent to an activating group) is 1. The number of amides is 1. The summed E-state index contributed by atoms with van der Waals surface area (Å²) < 4.78 is 5.69. The van der Waals surface area contributed by atoms with Gasteiger partial charge in [-0.3, -0.25) is 9.59 Å². The van der Waals surface area contributed by atoms with E-state index in [4.69, 9.17) is 12.6 Å². The van der Waals surface area contributed by atoms with Crippen LogP contribution in [-0.2, 0) is 11.3 Å². The van der Waals surface area contributed by atoms with E-state index < -0.39 is 0 Å². The molecule has 0 aliphatic carbocycles. The molecular formula is C20H19BN2O3S. The van der Waals surface area contributed by atoms with Gasteiger partial charge >= 0.3 is 0 Å². The molecule has 136 valence electrons. The van der Waals surface area contributed by atoms with Crippen LogP contribution in [0.15, 0.2) is 28.4 Å². The lowest BCUT2D eigenvalue weighted by Crippen LogP contribution is -2.37. The summed E-state index contributed by atoms with van der Waals surface area (Å²) in [4.78, 5) is 31.2. The maximum absolute atomic E-state index is 13.0. The quantitative estimate of drug-likeness (QED) is 0.697. The molecule has 0 saturated heterocycles. The molecule has 0 bridgehead atoms. The molecule has 1 unspecified atom stereocenters. The van der Waals surface area contributed by atoms with E-state index in [0.29, 0.717) is 35.3 Å². The van der Waals surface area contributed by atoms with E-state index in [1.165, 1.54) is 0 Å². The number of aromatic amines is 1. The Bertz CT molecular complexity index is 1120. The SMILES string of the molecule is [B]c1cc2c3c([nH]c(=O)c2cc1C)COCC3N(C)C(=O)c1csc(C)c1.